The highest BCUT2D eigenvalue weighted by molar-refractivity contribution is 5.67. The molecule has 0 aromatic carbocycles. The van der Waals surface area contributed by atoms with Crippen LogP contribution >= 0.6 is 0 Å². The summed E-state index contributed by atoms with van der Waals surface area (Å²) in [5, 5.41) is 2.69. The lowest BCUT2D eigenvalue weighted by atomic mass is 10.0. The second kappa shape index (κ2) is 12.9. The lowest BCUT2D eigenvalue weighted by Gasteiger charge is -2.14. The summed E-state index contributed by atoms with van der Waals surface area (Å²) in [5.74, 6) is 0.536. The Morgan fingerprint density at radius 3 is 2.33 bits per heavy atom. The molecule has 0 saturated heterocycles. The minimum atomic E-state index is -0.345. The van der Waals surface area contributed by atoms with Gasteiger partial charge in [0.05, 0.1) is 33.0 Å². The van der Waals surface area contributed by atoms with Crippen LogP contribution in [0.5, 0.6) is 0 Å². The van der Waals surface area contributed by atoms with E-state index >= 15 is 0 Å². The van der Waals surface area contributed by atoms with Crippen LogP contribution in [0.2, 0.25) is 0 Å². The van der Waals surface area contributed by atoms with Crippen LogP contribution in [0.1, 0.15) is 38.5 Å². The van der Waals surface area contributed by atoms with E-state index < -0.39 is 0 Å². The third-order valence-electron chi connectivity index (χ3n) is 3.57. The summed E-state index contributed by atoms with van der Waals surface area (Å²) < 4.78 is 15.7. The molecule has 0 bridgehead atoms. The lowest BCUT2D eigenvalue weighted by Crippen LogP contribution is -2.29. The van der Waals surface area contributed by atoms with Crippen LogP contribution in [-0.4, -0.2) is 52.2 Å². The van der Waals surface area contributed by atoms with Crippen LogP contribution in [0.4, 0.5) is 4.79 Å². The van der Waals surface area contributed by atoms with Crippen LogP contribution in [0.3, 0.4) is 0 Å². The maximum Gasteiger partial charge on any atom is 0.407 e. The van der Waals surface area contributed by atoms with E-state index in [9.17, 15) is 4.79 Å². The van der Waals surface area contributed by atoms with Gasteiger partial charge >= 0.3 is 6.09 Å². The zero-order valence-electron chi connectivity index (χ0n) is 13.0. The predicted molar refractivity (Wildman–Crippen MR) is 81.2 cm³/mol. The minimum absolute atomic E-state index is 0.345. The molecule has 1 fully saturated rings. The number of nitrogens with two attached hydrogens (primary N) is 1. The first-order valence-electron chi connectivity index (χ1n) is 8.09. The molecular formula is C15H30N2O4. The van der Waals surface area contributed by atoms with Crippen molar-refractivity contribution in [3.8, 4) is 0 Å². The minimum Gasteiger partial charge on any atom is -0.449 e. The van der Waals surface area contributed by atoms with Crippen molar-refractivity contribution in [2.45, 2.75) is 38.5 Å². The summed E-state index contributed by atoms with van der Waals surface area (Å²) in [5.41, 5.74) is 5.29. The topological polar surface area (TPSA) is 82.8 Å². The molecule has 0 heterocycles. The molecule has 3 N–H and O–H groups in total. The van der Waals surface area contributed by atoms with E-state index in [0.717, 1.165) is 0 Å². The Hall–Kier alpha value is -0.850. The van der Waals surface area contributed by atoms with Crippen molar-refractivity contribution in [1.82, 2.24) is 5.32 Å². The third kappa shape index (κ3) is 10.5. The Balaban J connectivity index is 1.89. The Morgan fingerprint density at radius 2 is 1.67 bits per heavy atom. The van der Waals surface area contributed by atoms with Gasteiger partial charge in [-0.15, -0.1) is 0 Å². The fourth-order valence-electron chi connectivity index (χ4n) is 2.41. The van der Waals surface area contributed by atoms with Gasteiger partial charge < -0.3 is 25.3 Å². The second-order valence-corrected chi connectivity index (χ2v) is 5.40. The first kappa shape index (κ1) is 18.2. The van der Waals surface area contributed by atoms with Gasteiger partial charge in [0.15, 0.2) is 0 Å². The molecular weight excluding hydrogens is 272 g/mol. The second-order valence-electron chi connectivity index (χ2n) is 5.40. The third-order valence-corrected chi connectivity index (χ3v) is 3.57. The Kier molecular flexibility index (Phi) is 11.1. The van der Waals surface area contributed by atoms with E-state index in [1.165, 1.54) is 38.5 Å². The van der Waals surface area contributed by atoms with Crippen molar-refractivity contribution in [1.29, 1.82) is 0 Å². The van der Waals surface area contributed by atoms with Crippen molar-refractivity contribution in [3.05, 3.63) is 0 Å². The number of nitrogens with one attached hydrogen (secondary N) is 1. The number of hydrogen-bond donors (Lipinski definition) is 2. The average Bonchev–Trinajstić information content (AvgIpc) is 2.76. The number of hydrogen-bond acceptors (Lipinski definition) is 5. The fourth-order valence-corrected chi connectivity index (χ4v) is 2.41. The maximum absolute atomic E-state index is 11.5. The van der Waals surface area contributed by atoms with Gasteiger partial charge in [-0.1, -0.05) is 25.7 Å². The quantitative estimate of drug-likeness (QED) is 0.474. The Morgan fingerprint density at radius 1 is 1.00 bits per heavy atom. The largest absolute Gasteiger partial charge is 0.449 e. The summed E-state index contributed by atoms with van der Waals surface area (Å²) in [6.45, 7) is 3.58. The molecule has 0 spiro atoms. The van der Waals surface area contributed by atoms with E-state index in [1.807, 2.05) is 0 Å². The Labute approximate surface area is 127 Å². The zero-order chi connectivity index (χ0) is 15.2. The highest BCUT2D eigenvalue weighted by Crippen LogP contribution is 2.22. The zero-order valence-corrected chi connectivity index (χ0v) is 13.0. The van der Waals surface area contributed by atoms with Crippen molar-refractivity contribution < 1.29 is 19.0 Å². The first-order chi connectivity index (χ1) is 10.3. The number of amides is 1. The van der Waals surface area contributed by atoms with E-state index in [1.54, 1.807) is 0 Å². The molecule has 1 saturated carbocycles. The number of carbonyl (C=O) groups excluding carboxylic acids is 1. The monoisotopic (exact) mass is 302 g/mol. The van der Waals surface area contributed by atoms with Gasteiger partial charge in [0.1, 0.15) is 0 Å². The molecule has 0 unspecified atom stereocenters. The van der Waals surface area contributed by atoms with E-state index in [0.29, 0.717) is 52.0 Å². The highest BCUT2D eigenvalue weighted by Gasteiger charge is 2.14. The molecule has 1 amide bonds. The van der Waals surface area contributed by atoms with Crippen LogP contribution in [0, 0.1) is 5.92 Å². The molecule has 0 radical (unpaired) electrons. The number of carbonyl (C=O) groups is 1. The van der Waals surface area contributed by atoms with Crippen LogP contribution < -0.4 is 11.1 Å². The molecule has 6 heteroatoms. The van der Waals surface area contributed by atoms with E-state index in [4.69, 9.17) is 19.9 Å². The number of alkyl carbamates (subject to hydrolysis) is 1. The van der Waals surface area contributed by atoms with E-state index in [-0.39, 0.29) is 6.09 Å². The molecule has 0 atom stereocenters. The molecule has 0 aromatic rings. The predicted octanol–water partition coefficient (Wildman–Crippen LogP) is 1.67. The standard InChI is InChI=1S/C15H30N2O4/c16-7-9-19-11-12-20-10-8-17-15(18)21-13-14-5-3-1-2-4-6-14/h14H,1-13,16H2,(H,17,18). The average molecular weight is 302 g/mol. The smallest absolute Gasteiger partial charge is 0.407 e. The molecule has 0 aliphatic heterocycles. The molecule has 1 rings (SSSR count). The van der Waals surface area contributed by atoms with Gasteiger partial charge in [-0.3, -0.25) is 0 Å². The molecule has 124 valence electrons. The Bertz CT molecular complexity index is 256. The maximum atomic E-state index is 11.5. The van der Waals surface area contributed by atoms with Crippen LogP contribution in [0.25, 0.3) is 0 Å². The summed E-state index contributed by atoms with van der Waals surface area (Å²) in [7, 11) is 0. The van der Waals surface area contributed by atoms with Gasteiger partial charge in [-0.2, -0.15) is 0 Å². The van der Waals surface area contributed by atoms with Crippen LogP contribution in [0.15, 0.2) is 0 Å². The molecule has 0 aromatic heterocycles. The van der Waals surface area contributed by atoms with Crippen molar-refractivity contribution >= 4 is 6.09 Å². The fraction of sp³-hybridized carbons (Fsp3) is 0.933. The highest BCUT2D eigenvalue weighted by atomic mass is 16.5. The van der Waals surface area contributed by atoms with Gasteiger partial charge in [-0.25, -0.2) is 4.79 Å². The summed E-state index contributed by atoms with van der Waals surface area (Å²) in [6, 6.07) is 0. The normalized spacial score (nSPS) is 16.4. The van der Waals surface area contributed by atoms with Crippen molar-refractivity contribution in [2.24, 2.45) is 11.7 Å². The molecule has 1 aliphatic rings. The van der Waals surface area contributed by atoms with Gasteiger partial charge in [-0.05, 0) is 18.8 Å². The number of rotatable bonds is 10. The lowest BCUT2D eigenvalue weighted by molar-refractivity contribution is 0.0508. The van der Waals surface area contributed by atoms with Gasteiger partial charge in [0, 0.05) is 13.1 Å². The van der Waals surface area contributed by atoms with Crippen molar-refractivity contribution in [2.75, 3.05) is 46.1 Å². The van der Waals surface area contributed by atoms with Gasteiger partial charge in [0.2, 0.25) is 0 Å². The first-order valence-corrected chi connectivity index (χ1v) is 8.09. The van der Waals surface area contributed by atoms with Crippen LogP contribution in [-0.2, 0) is 14.2 Å². The SMILES string of the molecule is NCCOCCOCCNC(=O)OCC1CCCCCC1. The molecule has 1 aliphatic carbocycles. The van der Waals surface area contributed by atoms with E-state index in [2.05, 4.69) is 5.32 Å². The summed E-state index contributed by atoms with van der Waals surface area (Å²) >= 11 is 0. The molecule has 21 heavy (non-hydrogen) atoms. The van der Waals surface area contributed by atoms with Gasteiger partial charge in [0.25, 0.3) is 0 Å². The molecule has 6 nitrogen and oxygen atoms in total. The summed E-state index contributed by atoms with van der Waals surface area (Å²) in [6.07, 6.45) is 7.16. The summed E-state index contributed by atoms with van der Waals surface area (Å²) in [4.78, 5) is 11.5. The van der Waals surface area contributed by atoms with Crippen molar-refractivity contribution in [3.63, 3.8) is 0 Å². The number of ether oxygens (including phenoxy) is 3.